The Labute approximate surface area is 109 Å². The molecule has 0 bridgehead atoms. The van der Waals surface area contributed by atoms with Gasteiger partial charge in [-0.05, 0) is 18.9 Å². The Morgan fingerprint density at radius 2 is 2.00 bits per heavy atom. The molecule has 0 aliphatic carbocycles. The molecular formula is C14H22N2O2. The second-order valence-electron chi connectivity index (χ2n) is 4.29. The summed E-state index contributed by atoms with van der Waals surface area (Å²) in [7, 11) is 1.66. The smallest absolute Gasteiger partial charge is 0.233 e. The first kappa shape index (κ1) is 14.7. The number of hydrogen-bond donors (Lipinski definition) is 2. The van der Waals surface area contributed by atoms with Crippen LogP contribution in [0, 0.1) is 6.92 Å². The van der Waals surface area contributed by atoms with E-state index in [1.54, 1.807) is 7.11 Å². The lowest BCUT2D eigenvalue weighted by molar-refractivity contribution is -0.120. The maximum Gasteiger partial charge on any atom is 0.233 e. The molecule has 4 heteroatoms. The standard InChI is InChI=1S/C14H22N2O2/c1-12-4-6-13(7-5-12)10-15-11-14(17)16-8-3-9-18-2/h4-7,15H,3,8-11H2,1-2H3,(H,16,17). The van der Waals surface area contributed by atoms with Crippen LogP contribution in [0.4, 0.5) is 0 Å². The molecular weight excluding hydrogens is 228 g/mol. The van der Waals surface area contributed by atoms with Crippen LogP contribution in [0.3, 0.4) is 0 Å². The highest BCUT2D eigenvalue weighted by Crippen LogP contribution is 2.01. The lowest BCUT2D eigenvalue weighted by atomic mass is 10.1. The minimum atomic E-state index is 0.0261. The van der Waals surface area contributed by atoms with Crippen LogP contribution in [-0.2, 0) is 16.1 Å². The van der Waals surface area contributed by atoms with Gasteiger partial charge >= 0.3 is 0 Å². The summed E-state index contributed by atoms with van der Waals surface area (Å²) < 4.78 is 4.91. The number of nitrogens with one attached hydrogen (secondary N) is 2. The maximum atomic E-state index is 11.4. The Hall–Kier alpha value is -1.39. The number of aryl methyl sites for hydroxylation is 1. The van der Waals surface area contributed by atoms with Crippen molar-refractivity contribution in [2.75, 3.05) is 26.8 Å². The molecule has 0 unspecified atom stereocenters. The number of methoxy groups -OCH3 is 1. The van der Waals surface area contributed by atoms with Crippen LogP contribution in [0.2, 0.25) is 0 Å². The van der Waals surface area contributed by atoms with Crippen LogP contribution in [0.1, 0.15) is 17.5 Å². The van der Waals surface area contributed by atoms with Crippen LogP contribution in [0.5, 0.6) is 0 Å². The van der Waals surface area contributed by atoms with E-state index in [-0.39, 0.29) is 5.91 Å². The van der Waals surface area contributed by atoms with Crippen molar-refractivity contribution in [1.82, 2.24) is 10.6 Å². The molecule has 1 aromatic carbocycles. The maximum absolute atomic E-state index is 11.4. The first-order valence-corrected chi connectivity index (χ1v) is 6.24. The van der Waals surface area contributed by atoms with E-state index in [0.717, 1.165) is 6.42 Å². The van der Waals surface area contributed by atoms with Crippen molar-refractivity contribution < 1.29 is 9.53 Å². The van der Waals surface area contributed by atoms with Crippen LogP contribution in [-0.4, -0.2) is 32.7 Å². The topological polar surface area (TPSA) is 50.4 Å². The van der Waals surface area contributed by atoms with Crippen molar-refractivity contribution in [3.63, 3.8) is 0 Å². The lowest BCUT2D eigenvalue weighted by Gasteiger charge is -2.07. The van der Waals surface area contributed by atoms with E-state index in [1.807, 2.05) is 0 Å². The molecule has 0 saturated heterocycles. The molecule has 0 heterocycles. The summed E-state index contributed by atoms with van der Waals surface area (Å²) in [6, 6.07) is 8.28. The summed E-state index contributed by atoms with van der Waals surface area (Å²) in [6.07, 6.45) is 0.847. The zero-order valence-corrected chi connectivity index (χ0v) is 11.2. The van der Waals surface area contributed by atoms with Gasteiger partial charge in [-0.2, -0.15) is 0 Å². The predicted octanol–water partition coefficient (Wildman–Crippen LogP) is 1.24. The Balaban J connectivity index is 2.10. The molecule has 0 radical (unpaired) electrons. The summed E-state index contributed by atoms with van der Waals surface area (Å²) in [6.45, 7) is 4.47. The number of carbonyl (C=O) groups excluding carboxylic acids is 1. The largest absolute Gasteiger partial charge is 0.385 e. The molecule has 0 atom stereocenters. The number of ether oxygens (including phenoxy) is 1. The van der Waals surface area contributed by atoms with E-state index in [1.165, 1.54) is 11.1 Å². The Morgan fingerprint density at radius 1 is 1.28 bits per heavy atom. The lowest BCUT2D eigenvalue weighted by Crippen LogP contribution is -2.34. The van der Waals surface area contributed by atoms with Gasteiger partial charge < -0.3 is 15.4 Å². The Morgan fingerprint density at radius 3 is 2.67 bits per heavy atom. The minimum Gasteiger partial charge on any atom is -0.385 e. The molecule has 4 nitrogen and oxygen atoms in total. The van der Waals surface area contributed by atoms with Gasteiger partial charge in [0.2, 0.25) is 5.91 Å². The zero-order valence-electron chi connectivity index (χ0n) is 11.2. The van der Waals surface area contributed by atoms with E-state index in [2.05, 4.69) is 41.8 Å². The van der Waals surface area contributed by atoms with Crippen LogP contribution < -0.4 is 10.6 Å². The van der Waals surface area contributed by atoms with Crippen molar-refractivity contribution >= 4 is 5.91 Å². The third kappa shape index (κ3) is 6.37. The van der Waals surface area contributed by atoms with Crippen molar-refractivity contribution in [3.8, 4) is 0 Å². The molecule has 1 rings (SSSR count). The number of carbonyl (C=O) groups is 1. The second-order valence-corrected chi connectivity index (χ2v) is 4.29. The molecule has 1 amide bonds. The van der Waals surface area contributed by atoms with Gasteiger partial charge in [0.15, 0.2) is 0 Å². The van der Waals surface area contributed by atoms with Gasteiger partial charge in [0.25, 0.3) is 0 Å². The summed E-state index contributed by atoms with van der Waals surface area (Å²) in [5.74, 6) is 0.0261. The average molecular weight is 250 g/mol. The molecule has 0 aromatic heterocycles. The summed E-state index contributed by atoms with van der Waals surface area (Å²) in [4.78, 5) is 11.4. The average Bonchev–Trinajstić information content (AvgIpc) is 2.37. The Bertz CT molecular complexity index is 349. The molecule has 0 spiro atoms. The van der Waals surface area contributed by atoms with Gasteiger partial charge in [-0.25, -0.2) is 0 Å². The van der Waals surface area contributed by atoms with Crippen molar-refractivity contribution in [3.05, 3.63) is 35.4 Å². The van der Waals surface area contributed by atoms with Crippen molar-refractivity contribution in [2.45, 2.75) is 19.9 Å². The fourth-order valence-corrected chi connectivity index (χ4v) is 1.53. The zero-order chi connectivity index (χ0) is 13.2. The molecule has 0 aliphatic heterocycles. The third-order valence-corrected chi connectivity index (χ3v) is 2.58. The van der Waals surface area contributed by atoms with E-state index in [0.29, 0.717) is 26.2 Å². The normalized spacial score (nSPS) is 10.3. The fourth-order valence-electron chi connectivity index (χ4n) is 1.53. The predicted molar refractivity (Wildman–Crippen MR) is 72.4 cm³/mol. The van der Waals surface area contributed by atoms with Gasteiger partial charge in [0.1, 0.15) is 0 Å². The third-order valence-electron chi connectivity index (χ3n) is 2.58. The minimum absolute atomic E-state index is 0.0261. The summed E-state index contributed by atoms with van der Waals surface area (Å²) >= 11 is 0. The van der Waals surface area contributed by atoms with Gasteiger partial charge in [0.05, 0.1) is 6.54 Å². The van der Waals surface area contributed by atoms with Crippen LogP contribution >= 0.6 is 0 Å². The van der Waals surface area contributed by atoms with E-state index in [9.17, 15) is 4.79 Å². The molecule has 100 valence electrons. The number of amides is 1. The quantitative estimate of drug-likeness (QED) is 0.682. The van der Waals surface area contributed by atoms with E-state index >= 15 is 0 Å². The van der Waals surface area contributed by atoms with Gasteiger partial charge in [-0.3, -0.25) is 4.79 Å². The molecule has 0 saturated carbocycles. The first-order valence-electron chi connectivity index (χ1n) is 6.24. The molecule has 2 N–H and O–H groups in total. The Kier molecular flexibility index (Phi) is 7.06. The first-order chi connectivity index (χ1) is 8.72. The van der Waals surface area contributed by atoms with Crippen molar-refractivity contribution in [2.24, 2.45) is 0 Å². The summed E-state index contributed by atoms with van der Waals surface area (Å²) in [5, 5.41) is 5.95. The van der Waals surface area contributed by atoms with Crippen LogP contribution in [0.15, 0.2) is 24.3 Å². The molecule has 0 fully saturated rings. The van der Waals surface area contributed by atoms with Gasteiger partial charge in [-0.1, -0.05) is 29.8 Å². The number of rotatable bonds is 8. The van der Waals surface area contributed by atoms with Crippen molar-refractivity contribution in [1.29, 1.82) is 0 Å². The SMILES string of the molecule is COCCCNC(=O)CNCc1ccc(C)cc1. The van der Waals surface area contributed by atoms with E-state index < -0.39 is 0 Å². The monoisotopic (exact) mass is 250 g/mol. The second kappa shape index (κ2) is 8.66. The highest BCUT2D eigenvalue weighted by atomic mass is 16.5. The van der Waals surface area contributed by atoms with Gasteiger partial charge in [-0.15, -0.1) is 0 Å². The summed E-state index contributed by atoms with van der Waals surface area (Å²) in [5.41, 5.74) is 2.43. The van der Waals surface area contributed by atoms with Crippen LogP contribution in [0.25, 0.3) is 0 Å². The fraction of sp³-hybridized carbons (Fsp3) is 0.500. The molecule has 1 aromatic rings. The highest BCUT2D eigenvalue weighted by Gasteiger charge is 1.99. The molecule has 0 aliphatic rings. The van der Waals surface area contributed by atoms with E-state index in [4.69, 9.17) is 4.74 Å². The number of benzene rings is 1. The molecule has 18 heavy (non-hydrogen) atoms. The number of hydrogen-bond acceptors (Lipinski definition) is 3. The van der Waals surface area contributed by atoms with Gasteiger partial charge in [0, 0.05) is 26.8 Å². The highest BCUT2D eigenvalue weighted by molar-refractivity contribution is 5.77.